The van der Waals surface area contributed by atoms with Crippen molar-refractivity contribution in [1.29, 1.82) is 0 Å². The summed E-state index contributed by atoms with van der Waals surface area (Å²) in [5.74, 6) is -1.66. The Hall–Kier alpha value is -6.26. The van der Waals surface area contributed by atoms with Crippen LogP contribution in [0.1, 0.15) is 58.7 Å². The lowest BCUT2D eigenvalue weighted by atomic mass is 10.0. The SMILES string of the molecule is CC(=O)c1ccccc1.NC(=O)c1ccc(-c2ccccc2)cc1.NC(=O)c1ccc(Cl)cc1.NC(=O)c1cccc(Cl)c1.NC(=O)c1ccccc1Cl. The number of carbonyl (C=O) groups excluding carboxylic acids is 5. The van der Waals surface area contributed by atoms with Crippen molar-refractivity contribution in [1.82, 2.24) is 0 Å². The second-order valence-corrected chi connectivity index (χ2v) is 12.1. The molecule has 0 spiro atoms. The van der Waals surface area contributed by atoms with Crippen LogP contribution in [-0.2, 0) is 0 Å². The Morgan fingerprint density at radius 3 is 1.20 bits per heavy atom. The summed E-state index contributed by atoms with van der Waals surface area (Å²) in [6.07, 6.45) is 0. The van der Waals surface area contributed by atoms with Gasteiger partial charge in [-0.2, -0.15) is 0 Å². The van der Waals surface area contributed by atoms with Gasteiger partial charge < -0.3 is 22.9 Å². The molecule has 0 atom stereocenters. The average molecular weight is 784 g/mol. The van der Waals surface area contributed by atoms with Crippen LogP contribution in [0, 0.1) is 0 Å². The summed E-state index contributed by atoms with van der Waals surface area (Å²) in [5, 5.41) is 1.52. The highest BCUT2D eigenvalue weighted by atomic mass is 35.5. The van der Waals surface area contributed by atoms with Gasteiger partial charge in [0.1, 0.15) is 0 Å². The molecule has 6 aromatic carbocycles. The lowest BCUT2D eigenvalue weighted by Crippen LogP contribution is -2.10. The molecule has 276 valence electrons. The smallest absolute Gasteiger partial charge is 0.250 e. The Balaban J connectivity index is 0.000000237. The lowest BCUT2D eigenvalue weighted by molar-refractivity contribution is 0.0992. The molecule has 0 saturated carbocycles. The van der Waals surface area contributed by atoms with Crippen LogP contribution in [-0.4, -0.2) is 29.4 Å². The monoisotopic (exact) mass is 782 g/mol. The van der Waals surface area contributed by atoms with Gasteiger partial charge in [0.2, 0.25) is 23.6 Å². The van der Waals surface area contributed by atoms with Crippen LogP contribution >= 0.6 is 34.8 Å². The zero-order valence-electron chi connectivity index (χ0n) is 29.0. The van der Waals surface area contributed by atoms with Crippen molar-refractivity contribution in [2.24, 2.45) is 22.9 Å². The number of carbonyl (C=O) groups is 5. The number of hydrogen-bond acceptors (Lipinski definition) is 5. The third-order valence-corrected chi connectivity index (χ3v) is 7.65. The van der Waals surface area contributed by atoms with E-state index >= 15 is 0 Å². The Morgan fingerprint density at radius 1 is 0.389 bits per heavy atom. The van der Waals surface area contributed by atoms with Crippen LogP contribution in [0.2, 0.25) is 15.1 Å². The first-order valence-electron chi connectivity index (χ1n) is 15.9. The standard InChI is InChI=1S/C13H11NO.C8H8O.3C7H6ClNO/c14-13(15)12-8-6-11(7-9-12)10-4-2-1-3-5-10;1-7(9)8-5-3-2-4-6-8;8-6-3-1-5(2-4-6)7(9)10;8-6-3-1-2-5(4-6)7(9)10;8-6-4-2-1-3-5(6)7(9)10/h1-9H,(H2,14,15);2-6H,1H3;3*1-4H,(H2,9,10). The molecule has 4 amide bonds. The van der Waals surface area contributed by atoms with Crippen LogP contribution in [0.15, 0.2) is 158 Å². The number of ketones is 1. The second-order valence-electron chi connectivity index (χ2n) is 10.8. The van der Waals surface area contributed by atoms with Crippen molar-refractivity contribution in [3.05, 3.63) is 201 Å². The number of amides is 4. The molecule has 54 heavy (non-hydrogen) atoms. The molecule has 0 unspecified atom stereocenters. The Morgan fingerprint density at radius 2 is 0.815 bits per heavy atom. The summed E-state index contributed by atoms with van der Waals surface area (Å²) >= 11 is 16.8. The minimum absolute atomic E-state index is 0.121. The van der Waals surface area contributed by atoms with E-state index in [0.717, 1.165) is 16.7 Å². The highest BCUT2D eigenvalue weighted by Gasteiger charge is 2.03. The minimum atomic E-state index is -0.495. The van der Waals surface area contributed by atoms with Gasteiger partial charge in [-0.05, 0) is 84.8 Å². The van der Waals surface area contributed by atoms with E-state index in [4.69, 9.17) is 57.7 Å². The van der Waals surface area contributed by atoms with Gasteiger partial charge in [-0.15, -0.1) is 0 Å². The molecule has 0 aromatic heterocycles. The second kappa shape index (κ2) is 23.3. The van der Waals surface area contributed by atoms with Gasteiger partial charge >= 0.3 is 0 Å². The fraction of sp³-hybridized carbons (Fsp3) is 0.0238. The van der Waals surface area contributed by atoms with Gasteiger partial charge in [0.05, 0.1) is 10.6 Å². The van der Waals surface area contributed by atoms with Crippen molar-refractivity contribution < 1.29 is 24.0 Å². The maximum absolute atomic E-state index is 10.9. The normalized spacial score (nSPS) is 9.41. The number of rotatable bonds is 6. The number of nitrogens with two attached hydrogens (primary N) is 4. The molecule has 9 nitrogen and oxygen atoms in total. The predicted octanol–water partition coefficient (Wildman–Crippen LogP) is 8.66. The molecule has 12 heteroatoms. The van der Waals surface area contributed by atoms with Crippen molar-refractivity contribution >= 4 is 64.2 Å². The molecule has 6 rings (SSSR count). The van der Waals surface area contributed by atoms with Crippen LogP contribution < -0.4 is 22.9 Å². The predicted molar refractivity (Wildman–Crippen MR) is 217 cm³/mol. The molecule has 8 N–H and O–H groups in total. The van der Waals surface area contributed by atoms with Gasteiger partial charge in [-0.1, -0.05) is 126 Å². The zero-order chi connectivity index (χ0) is 40.0. The molecular formula is C42H37Cl3N4O5. The van der Waals surface area contributed by atoms with Gasteiger partial charge in [-0.25, -0.2) is 0 Å². The molecule has 0 aliphatic carbocycles. The molecular weight excluding hydrogens is 747 g/mol. The first kappa shape index (κ1) is 43.9. The van der Waals surface area contributed by atoms with E-state index < -0.39 is 23.6 Å². The fourth-order valence-electron chi connectivity index (χ4n) is 4.05. The number of benzene rings is 6. The molecule has 0 bridgehead atoms. The van der Waals surface area contributed by atoms with Crippen LogP contribution in [0.3, 0.4) is 0 Å². The maximum atomic E-state index is 10.9. The number of Topliss-reactive ketones (excluding diaryl/α,β-unsaturated/α-hetero) is 1. The van der Waals surface area contributed by atoms with E-state index in [1.165, 1.54) is 6.07 Å². The van der Waals surface area contributed by atoms with Gasteiger partial charge in [0.15, 0.2) is 5.78 Å². The molecule has 0 heterocycles. The molecule has 0 radical (unpaired) electrons. The minimum Gasteiger partial charge on any atom is -0.366 e. The van der Waals surface area contributed by atoms with E-state index in [2.05, 4.69) is 0 Å². The Bertz CT molecular complexity index is 2130. The lowest BCUT2D eigenvalue weighted by Gasteiger charge is -2.01. The first-order chi connectivity index (χ1) is 25.7. The average Bonchev–Trinajstić information content (AvgIpc) is 3.17. The largest absolute Gasteiger partial charge is 0.366 e. The molecule has 0 fully saturated rings. The van der Waals surface area contributed by atoms with E-state index in [1.54, 1.807) is 85.8 Å². The summed E-state index contributed by atoms with van der Waals surface area (Å²) in [7, 11) is 0. The quantitative estimate of drug-likeness (QED) is 0.123. The highest BCUT2D eigenvalue weighted by Crippen LogP contribution is 2.19. The van der Waals surface area contributed by atoms with Gasteiger partial charge in [0, 0.05) is 32.3 Å². The van der Waals surface area contributed by atoms with Gasteiger partial charge in [0.25, 0.3) is 0 Å². The Kier molecular flexibility index (Phi) is 19.0. The van der Waals surface area contributed by atoms with Crippen molar-refractivity contribution in [3.8, 4) is 11.1 Å². The van der Waals surface area contributed by atoms with Crippen molar-refractivity contribution in [2.75, 3.05) is 0 Å². The number of hydrogen-bond donors (Lipinski definition) is 4. The van der Waals surface area contributed by atoms with E-state index in [-0.39, 0.29) is 5.78 Å². The molecule has 0 aliphatic rings. The fourth-order valence-corrected chi connectivity index (χ4v) is 4.59. The molecule has 6 aromatic rings. The first-order valence-corrected chi connectivity index (χ1v) is 17.0. The van der Waals surface area contributed by atoms with E-state index in [0.29, 0.717) is 37.3 Å². The molecule has 0 aliphatic heterocycles. The zero-order valence-corrected chi connectivity index (χ0v) is 31.3. The third kappa shape index (κ3) is 16.4. The van der Waals surface area contributed by atoms with Crippen LogP contribution in [0.5, 0.6) is 0 Å². The summed E-state index contributed by atoms with van der Waals surface area (Å²) in [6.45, 7) is 1.56. The van der Waals surface area contributed by atoms with E-state index in [9.17, 15) is 24.0 Å². The third-order valence-electron chi connectivity index (χ3n) is 6.83. The van der Waals surface area contributed by atoms with Crippen molar-refractivity contribution in [2.45, 2.75) is 6.92 Å². The number of primary amides is 4. The molecule has 0 saturated heterocycles. The van der Waals surface area contributed by atoms with Crippen molar-refractivity contribution in [3.63, 3.8) is 0 Å². The highest BCUT2D eigenvalue weighted by molar-refractivity contribution is 6.33. The topological polar surface area (TPSA) is 189 Å². The summed E-state index contributed by atoms with van der Waals surface area (Å²) in [5.41, 5.74) is 24.9. The summed E-state index contributed by atoms with van der Waals surface area (Å²) < 4.78 is 0. The summed E-state index contributed by atoms with van der Waals surface area (Å²) in [4.78, 5) is 53.1. The van der Waals surface area contributed by atoms with Crippen LogP contribution in [0.4, 0.5) is 0 Å². The maximum Gasteiger partial charge on any atom is 0.250 e. The van der Waals surface area contributed by atoms with Gasteiger partial charge in [-0.3, -0.25) is 24.0 Å². The number of halogens is 3. The summed E-state index contributed by atoms with van der Waals surface area (Å²) in [6, 6.07) is 46.1. The van der Waals surface area contributed by atoms with E-state index in [1.807, 2.05) is 72.8 Å². The van der Waals surface area contributed by atoms with Crippen LogP contribution in [0.25, 0.3) is 11.1 Å². The Labute approximate surface area is 328 Å².